The van der Waals surface area contributed by atoms with Gasteiger partial charge in [-0.05, 0) is 24.3 Å². The maximum Gasteiger partial charge on any atom is 0.434 e. The lowest BCUT2D eigenvalue weighted by molar-refractivity contribution is -0.143. The van der Waals surface area contributed by atoms with Crippen molar-refractivity contribution in [1.82, 2.24) is 14.7 Å². The molecule has 1 aromatic carbocycles. The molecule has 0 fully saturated rings. The van der Waals surface area contributed by atoms with E-state index in [-0.39, 0.29) is 11.3 Å². The molecule has 0 bridgehead atoms. The molecule has 1 amide bonds. The molecule has 1 aromatic heterocycles. The van der Waals surface area contributed by atoms with Gasteiger partial charge in [-0.1, -0.05) is 0 Å². The average molecular weight is 409 g/mol. The number of alkyl halides is 6. The second-order valence-electron chi connectivity index (χ2n) is 5.76. The van der Waals surface area contributed by atoms with Crippen LogP contribution < -0.4 is 0 Å². The molecule has 2 aromatic rings. The van der Waals surface area contributed by atoms with Crippen molar-refractivity contribution in [2.24, 2.45) is 0 Å². The van der Waals surface area contributed by atoms with Gasteiger partial charge < -0.3 is 10.0 Å². The van der Waals surface area contributed by atoms with Gasteiger partial charge in [-0.3, -0.25) is 4.79 Å². The summed E-state index contributed by atoms with van der Waals surface area (Å²) in [5, 5.41) is 12.3. The van der Waals surface area contributed by atoms with Gasteiger partial charge in [0.1, 0.15) is 5.56 Å². The minimum Gasteiger partial charge on any atom is -0.478 e. The molecule has 152 valence electrons. The van der Waals surface area contributed by atoms with E-state index in [0.717, 1.165) is 36.2 Å². The van der Waals surface area contributed by atoms with Gasteiger partial charge in [0.05, 0.1) is 18.3 Å². The molecule has 2 rings (SSSR count). The molecular weight excluding hydrogens is 396 g/mol. The summed E-state index contributed by atoms with van der Waals surface area (Å²) < 4.78 is 76.7. The minimum absolute atomic E-state index is 0.0485. The van der Waals surface area contributed by atoms with Crippen molar-refractivity contribution in [2.45, 2.75) is 18.8 Å². The van der Waals surface area contributed by atoms with Gasteiger partial charge in [0.15, 0.2) is 5.69 Å². The zero-order chi connectivity index (χ0) is 21.3. The number of benzene rings is 1. The molecule has 0 aliphatic heterocycles. The lowest BCUT2D eigenvalue weighted by atomic mass is 10.1. The number of amides is 1. The Hall–Kier alpha value is -3.05. The fraction of sp³-hybridized carbons (Fsp3) is 0.312. The van der Waals surface area contributed by atoms with Crippen LogP contribution in [0, 0.1) is 0 Å². The zero-order valence-corrected chi connectivity index (χ0v) is 14.2. The molecule has 0 unspecified atom stereocenters. The van der Waals surface area contributed by atoms with Crippen molar-refractivity contribution in [3.05, 3.63) is 47.3 Å². The molecule has 0 spiro atoms. The summed E-state index contributed by atoms with van der Waals surface area (Å²) in [5.41, 5.74) is -2.76. The van der Waals surface area contributed by atoms with E-state index in [1.165, 1.54) is 0 Å². The Morgan fingerprint density at radius 1 is 1.11 bits per heavy atom. The van der Waals surface area contributed by atoms with E-state index in [0.29, 0.717) is 10.9 Å². The van der Waals surface area contributed by atoms with E-state index in [9.17, 15) is 35.9 Å². The Bertz CT molecular complexity index is 871. The molecule has 12 heteroatoms. The van der Waals surface area contributed by atoms with Gasteiger partial charge in [0.2, 0.25) is 0 Å². The van der Waals surface area contributed by atoms with Crippen LogP contribution in [-0.2, 0) is 6.18 Å². The van der Waals surface area contributed by atoms with Gasteiger partial charge in [-0.2, -0.15) is 31.4 Å². The van der Waals surface area contributed by atoms with Gasteiger partial charge in [-0.15, -0.1) is 0 Å². The van der Waals surface area contributed by atoms with Crippen molar-refractivity contribution in [3.63, 3.8) is 0 Å². The third kappa shape index (κ3) is 4.81. The summed E-state index contributed by atoms with van der Waals surface area (Å²) in [5.74, 6) is -2.56. The first kappa shape index (κ1) is 21.3. The number of carboxylic acid groups (broad SMARTS) is 1. The van der Waals surface area contributed by atoms with E-state index in [2.05, 4.69) is 5.10 Å². The maximum absolute atomic E-state index is 13.2. The number of aromatic nitrogens is 2. The monoisotopic (exact) mass is 409 g/mol. The summed E-state index contributed by atoms with van der Waals surface area (Å²) in [6, 6.07) is 4.39. The van der Waals surface area contributed by atoms with E-state index in [4.69, 9.17) is 5.11 Å². The zero-order valence-electron chi connectivity index (χ0n) is 14.2. The van der Waals surface area contributed by atoms with E-state index < -0.39 is 48.5 Å². The Morgan fingerprint density at radius 3 is 2.14 bits per heavy atom. The van der Waals surface area contributed by atoms with E-state index in [1.807, 2.05) is 0 Å². The smallest absolute Gasteiger partial charge is 0.434 e. The normalized spacial score (nSPS) is 12.1. The topological polar surface area (TPSA) is 75.4 Å². The predicted octanol–water partition coefficient (Wildman–Crippen LogP) is 3.61. The molecule has 0 aliphatic rings. The first-order chi connectivity index (χ1) is 12.8. The van der Waals surface area contributed by atoms with Crippen molar-refractivity contribution in [2.75, 3.05) is 13.6 Å². The molecule has 28 heavy (non-hydrogen) atoms. The van der Waals surface area contributed by atoms with E-state index in [1.54, 1.807) is 0 Å². The molecule has 0 saturated heterocycles. The van der Waals surface area contributed by atoms with Gasteiger partial charge in [0.25, 0.3) is 5.91 Å². The average Bonchev–Trinajstić information content (AvgIpc) is 3.04. The maximum atomic E-state index is 13.2. The lowest BCUT2D eigenvalue weighted by Gasteiger charge is -2.18. The number of hydrogen-bond donors (Lipinski definition) is 1. The summed E-state index contributed by atoms with van der Waals surface area (Å²) in [6.07, 6.45) is -10.1. The van der Waals surface area contributed by atoms with Crippen LogP contribution in [0.1, 0.15) is 32.8 Å². The second kappa shape index (κ2) is 7.52. The lowest BCUT2D eigenvalue weighted by Crippen LogP contribution is -2.30. The number of aromatic carboxylic acids is 1. The molecule has 1 N–H and O–H groups in total. The minimum atomic E-state index is -5.00. The number of carbonyl (C=O) groups excluding carboxylic acids is 1. The van der Waals surface area contributed by atoms with Crippen LogP contribution in [0.25, 0.3) is 5.69 Å². The molecule has 0 aliphatic carbocycles. The molecular formula is C16H13F6N3O3. The number of nitrogens with zero attached hydrogens (tertiary/aromatic N) is 3. The van der Waals surface area contributed by atoms with Crippen LogP contribution in [-0.4, -0.2) is 51.4 Å². The number of rotatable bonds is 5. The SMILES string of the molecule is CN(CCC(F)(F)F)C(=O)c1ccc(-n2ncc(C(=O)O)c2C(F)(F)F)cc1. The first-order valence-electron chi connectivity index (χ1n) is 7.62. The Morgan fingerprint density at radius 2 is 1.68 bits per heavy atom. The summed E-state index contributed by atoms with van der Waals surface area (Å²) in [6.45, 7) is -0.580. The highest BCUT2D eigenvalue weighted by Crippen LogP contribution is 2.33. The third-order valence-corrected chi connectivity index (χ3v) is 3.70. The fourth-order valence-corrected chi connectivity index (χ4v) is 2.34. The highest BCUT2D eigenvalue weighted by molar-refractivity contribution is 5.94. The first-order valence-corrected chi connectivity index (χ1v) is 7.62. The van der Waals surface area contributed by atoms with Crippen molar-refractivity contribution in [3.8, 4) is 5.69 Å². The van der Waals surface area contributed by atoms with Crippen molar-refractivity contribution < 1.29 is 41.0 Å². The number of carbonyl (C=O) groups is 2. The van der Waals surface area contributed by atoms with Crippen molar-refractivity contribution >= 4 is 11.9 Å². The largest absolute Gasteiger partial charge is 0.478 e. The second-order valence-corrected chi connectivity index (χ2v) is 5.76. The Balaban J connectivity index is 2.28. The standard InChI is InChI=1S/C16H13F6N3O3/c1-24(7-6-15(17,18)19)13(26)9-2-4-10(5-3-9)25-12(16(20,21)22)11(8-23-25)14(27)28/h2-5,8H,6-7H2,1H3,(H,27,28). The fourth-order valence-electron chi connectivity index (χ4n) is 2.34. The van der Waals surface area contributed by atoms with Crippen LogP contribution >= 0.6 is 0 Å². The summed E-state index contributed by atoms with van der Waals surface area (Å²) >= 11 is 0. The molecule has 0 atom stereocenters. The van der Waals surface area contributed by atoms with Crippen LogP contribution in [0.3, 0.4) is 0 Å². The summed E-state index contributed by atoms with van der Waals surface area (Å²) in [4.78, 5) is 23.9. The molecule has 0 radical (unpaired) electrons. The number of hydrogen-bond acceptors (Lipinski definition) is 3. The molecule has 0 saturated carbocycles. The predicted molar refractivity (Wildman–Crippen MR) is 83.2 cm³/mol. The number of carboxylic acids is 1. The van der Waals surface area contributed by atoms with Gasteiger partial charge in [-0.25, -0.2) is 9.48 Å². The molecule has 1 heterocycles. The van der Waals surface area contributed by atoms with Crippen LogP contribution in [0.2, 0.25) is 0 Å². The molecule has 6 nitrogen and oxygen atoms in total. The quantitative estimate of drug-likeness (QED) is 0.766. The van der Waals surface area contributed by atoms with Crippen molar-refractivity contribution in [1.29, 1.82) is 0 Å². The van der Waals surface area contributed by atoms with Gasteiger partial charge in [0, 0.05) is 19.2 Å². The third-order valence-electron chi connectivity index (χ3n) is 3.70. The van der Waals surface area contributed by atoms with Crippen LogP contribution in [0.5, 0.6) is 0 Å². The highest BCUT2D eigenvalue weighted by atomic mass is 19.4. The highest BCUT2D eigenvalue weighted by Gasteiger charge is 2.40. The van der Waals surface area contributed by atoms with Crippen LogP contribution in [0.15, 0.2) is 30.5 Å². The van der Waals surface area contributed by atoms with E-state index >= 15 is 0 Å². The Kier molecular flexibility index (Phi) is 5.71. The number of halogens is 6. The summed E-state index contributed by atoms with van der Waals surface area (Å²) in [7, 11) is 1.16. The van der Waals surface area contributed by atoms with Gasteiger partial charge >= 0.3 is 18.3 Å². The van der Waals surface area contributed by atoms with Crippen LogP contribution in [0.4, 0.5) is 26.3 Å². The Labute approximate surface area is 154 Å².